The van der Waals surface area contributed by atoms with Crippen LogP contribution in [-0.2, 0) is 6.42 Å². The van der Waals surface area contributed by atoms with Gasteiger partial charge in [-0.1, -0.05) is 6.07 Å². The molecule has 4 nitrogen and oxygen atoms in total. The van der Waals surface area contributed by atoms with Gasteiger partial charge in [-0.2, -0.15) is 0 Å². The second-order valence-electron chi connectivity index (χ2n) is 5.75. The summed E-state index contributed by atoms with van der Waals surface area (Å²) in [5.74, 6) is -0.102. The summed E-state index contributed by atoms with van der Waals surface area (Å²) in [4.78, 5) is 20.0. The van der Waals surface area contributed by atoms with Crippen LogP contribution in [0, 0.1) is 0 Å². The number of rotatable bonds is 4. The summed E-state index contributed by atoms with van der Waals surface area (Å²) in [7, 11) is 0. The van der Waals surface area contributed by atoms with Crippen LogP contribution in [0.3, 0.4) is 0 Å². The number of nitrogens with one attached hydrogen (secondary N) is 1. The summed E-state index contributed by atoms with van der Waals surface area (Å²) in [5, 5.41) is 5.15. The van der Waals surface area contributed by atoms with Gasteiger partial charge in [0.2, 0.25) is 0 Å². The Balaban J connectivity index is 1.57. The molecule has 0 radical (unpaired) electrons. The molecule has 2 atom stereocenters. The molecule has 2 aromatic heterocycles. The number of aromatic nitrogens is 1. The van der Waals surface area contributed by atoms with Crippen molar-refractivity contribution in [3.8, 4) is 0 Å². The van der Waals surface area contributed by atoms with E-state index < -0.39 is 0 Å². The highest BCUT2D eigenvalue weighted by atomic mass is 32.1. The first-order valence-corrected chi connectivity index (χ1v) is 8.56. The second-order valence-corrected chi connectivity index (χ2v) is 6.70. The molecule has 0 aliphatic carbocycles. The minimum Gasteiger partial charge on any atom is -0.349 e. The monoisotopic (exact) mass is 315 g/mol. The molecule has 1 aliphatic heterocycles. The number of carbonyl (C=O) groups excluding carboxylic acids is 1. The molecule has 116 valence electrons. The van der Waals surface area contributed by atoms with Gasteiger partial charge in [-0.25, -0.2) is 0 Å². The smallest absolute Gasteiger partial charge is 0.269 e. The molecule has 0 saturated heterocycles. The van der Waals surface area contributed by atoms with Crippen molar-refractivity contribution < 1.29 is 4.79 Å². The van der Waals surface area contributed by atoms with E-state index in [2.05, 4.69) is 40.5 Å². The lowest BCUT2D eigenvalue weighted by Crippen LogP contribution is -2.44. The van der Waals surface area contributed by atoms with E-state index in [0.29, 0.717) is 24.3 Å². The molecule has 1 amide bonds. The number of hydrogen-bond acceptors (Lipinski definition) is 4. The van der Waals surface area contributed by atoms with Gasteiger partial charge in [0.05, 0.1) is 0 Å². The van der Waals surface area contributed by atoms with E-state index in [-0.39, 0.29) is 5.91 Å². The highest BCUT2D eigenvalue weighted by Crippen LogP contribution is 2.35. The molecule has 1 aliphatic rings. The van der Waals surface area contributed by atoms with Crippen LogP contribution in [0.5, 0.6) is 0 Å². The van der Waals surface area contributed by atoms with Crippen LogP contribution in [0.4, 0.5) is 0 Å². The lowest BCUT2D eigenvalue weighted by Gasteiger charge is -2.38. The van der Waals surface area contributed by atoms with Gasteiger partial charge in [0.15, 0.2) is 0 Å². The van der Waals surface area contributed by atoms with Crippen molar-refractivity contribution >= 4 is 17.2 Å². The number of hydrogen-bond donors (Lipinski definition) is 1. The molecule has 0 bridgehead atoms. The van der Waals surface area contributed by atoms with Gasteiger partial charge in [-0.15, -0.1) is 11.3 Å². The van der Waals surface area contributed by atoms with Gasteiger partial charge in [0.1, 0.15) is 5.69 Å². The Morgan fingerprint density at radius 1 is 1.41 bits per heavy atom. The fourth-order valence-electron chi connectivity index (χ4n) is 3.15. The fraction of sp³-hybridized carbons (Fsp3) is 0.412. The van der Waals surface area contributed by atoms with Crippen molar-refractivity contribution in [1.82, 2.24) is 15.2 Å². The maximum Gasteiger partial charge on any atom is 0.269 e. The molecule has 0 spiro atoms. The number of thiophene rings is 1. The molecule has 0 saturated carbocycles. The number of fused-ring (bicyclic) bond motifs is 1. The normalized spacial score (nSPS) is 21.4. The zero-order valence-corrected chi connectivity index (χ0v) is 13.8. The topological polar surface area (TPSA) is 45.2 Å². The summed E-state index contributed by atoms with van der Waals surface area (Å²) < 4.78 is 0. The van der Waals surface area contributed by atoms with E-state index in [1.807, 2.05) is 23.5 Å². The lowest BCUT2D eigenvalue weighted by molar-refractivity contribution is 0.0925. The first-order chi connectivity index (χ1) is 10.7. The van der Waals surface area contributed by atoms with E-state index >= 15 is 0 Å². The summed E-state index contributed by atoms with van der Waals surface area (Å²) in [5.41, 5.74) is 1.96. The van der Waals surface area contributed by atoms with Crippen LogP contribution in [0.25, 0.3) is 0 Å². The van der Waals surface area contributed by atoms with Crippen molar-refractivity contribution in [3.63, 3.8) is 0 Å². The third-order valence-electron chi connectivity index (χ3n) is 4.29. The van der Waals surface area contributed by atoms with Gasteiger partial charge < -0.3 is 5.32 Å². The largest absolute Gasteiger partial charge is 0.349 e. The Morgan fingerprint density at radius 3 is 3.05 bits per heavy atom. The predicted molar refractivity (Wildman–Crippen MR) is 89.2 cm³/mol. The quantitative estimate of drug-likeness (QED) is 0.943. The molecule has 2 unspecified atom stereocenters. The fourth-order valence-corrected chi connectivity index (χ4v) is 4.16. The van der Waals surface area contributed by atoms with Gasteiger partial charge in [0.25, 0.3) is 5.91 Å². The molecule has 22 heavy (non-hydrogen) atoms. The van der Waals surface area contributed by atoms with Crippen LogP contribution < -0.4 is 5.32 Å². The summed E-state index contributed by atoms with van der Waals surface area (Å²) in [6.07, 6.45) is 2.74. The average Bonchev–Trinajstić information content (AvgIpc) is 2.99. The standard InChI is InChI=1S/C17H21N3OS/c1-12-11-14-6-10-22-16(14)13(2)20(12)9-8-19-17(21)15-5-3-4-7-18-15/h3-7,10,12-13H,8-9,11H2,1-2H3,(H,19,21). The molecule has 3 heterocycles. The number of amides is 1. The van der Waals surface area contributed by atoms with E-state index in [9.17, 15) is 4.79 Å². The highest BCUT2D eigenvalue weighted by Gasteiger charge is 2.29. The number of nitrogens with zero attached hydrogens (tertiary/aromatic N) is 2. The minimum absolute atomic E-state index is 0.102. The molecular weight excluding hydrogens is 294 g/mol. The maximum absolute atomic E-state index is 12.0. The first-order valence-electron chi connectivity index (χ1n) is 7.68. The zero-order chi connectivity index (χ0) is 15.5. The third kappa shape index (κ3) is 3.05. The van der Waals surface area contributed by atoms with Gasteiger partial charge >= 0.3 is 0 Å². The summed E-state index contributed by atoms with van der Waals surface area (Å²) in [6, 6.07) is 8.54. The predicted octanol–water partition coefficient (Wildman–Crippen LogP) is 2.88. The highest BCUT2D eigenvalue weighted by molar-refractivity contribution is 7.10. The Hall–Kier alpha value is -1.72. The van der Waals surface area contributed by atoms with E-state index in [4.69, 9.17) is 0 Å². The van der Waals surface area contributed by atoms with Crippen molar-refractivity contribution in [2.24, 2.45) is 0 Å². The van der Waals surface area contributed by atoms with E-state index in [0.717, 1.165) is 13.0 Å². The molecule has 0 fully saturated rings. The minimum atomic E-state index is -0.102. The van der Waals surface area contributed by atoms with Crippen molar-refractivity contribution in [1.29, 1.82) is 0 Å². The Labute approximate surface area is 135 Å². The van der Waals surface area contributed by atoms with Crippen molar-refractivity contribution in [2.45, 2.75) is 32.4 Å². The second kappa shape index (κ2) is 6.58. The van der Waals surface area contributed by atoms with Crippen LogP contribution in [0.2, 0.25) is 0 Å². The molecule has 5 heteroatoms. The maximum atomic E-state index is 12.0. The van der Waals surface area contributed by atoms with Crippen molar-refractivity contribution in [3.05, 3.63) is 52.0 Å². The Kier molecular flexibility index (Phi) is 4.55. The summed E-state index contributed by atoms with van der Waals surface area (Å²) >= 11 is 1.84. The van der Waals surface area contributed by atoms with Gasteiger partial charge in [0, 0.05) is 36.2 Å². The Morgan fingerprint density at radius 2 is 2.27 bits per heavy atom. The Bertz CT molecular complexity index is 640. The zero-order valence-electron chi connectivity index (χ0n) is 13.0. The third-order valence-corrected chi connectivity index (χ3v) is 5.42. The average molecular weight is 315 g/mol. The molecular formula is C17H21N3OS. The first kappa shape index (κ1) is 15.2. The number of pyridine rings is 1. The van der Waals surface area contributed by atoms with Crippen LogP contribution in [0.1, 0.15) is 40.8 Å². The summed E-state index contributed by atoms with van der Waals surface area (Å²) in [6.45, 7) is 6.02. The van der Waals surface area contributed by atoms with Crippen molar-refractivity contribution in [2.75, 3.05) is 13.1 Å². The van der Waals surface area contributed by atoms with Gasteiger partial charge in [-0.05, 0) is 49.4 Å². The molecule has 3 rings (SSSR count). The number of carbonyl (C=O) groups is 1. The van der Waals surface area contributed by atoms with Gasteiger partial charge in [-0.3, -0.25) is 14.7 Å². The molecule has 2 aromatic rings. The molecule has 1 N–H and O–H groups in total. The van der Waals surface area contributed by atoms with Crippen LogP contribution in [-0.4, -0.2) is 34.9 Å². The van der Waals surface area contributed by atoms with Crippen LogP contribution >= 0.6 is 11.3 Å². The van der Waals surface area contributed by atoms with E-state index in [1.54, 1.807) is 12.3 Å². The lowest BCUT2D eigenvalue weighted by atomic mass is 9.97. The van der Waals surface area contributed by atoms with Crippen LogP contribution in [0.15, 0.2) is 35.8 Å². The van der Waals surface area contributed by atoms with E-state index in [1.165, 1.54) is 10.4 Å². The SMILES string of the molecule is CC1Cc2ccsc2C(C)N1CCNC(=O)c1ccccn1. The molecule has 0 aromatic carbocycles.